The van der Waals surface area contributed by atoms with Gasteiger partial charge < -0.3 is 9.73 Å². The van der Waals surface area contributed by atoms with Crippen molar-refractivity contribution in [3.05, 3.63) is 23.2 Å². The van der Waals surface area contributed by atoms with E-state index in [4.69, 9.17) is 16.0 Å². The summed E-state index contributed by atoms with van der Waals surface area (Å²) in [7, 11) is 0. The fourth-order valence-corrected chi connectivity index (χ4v) is 3.86. The molecule has 1 aliphatic rings. The van der Waals surface area contributed by atoms with Crippen LogP contribution in [0.3, 0.4) is 0 Å². The molecule has 1 aliphatic carbocycles. The molecular formula is C17H21ClN2O2S. The van der Waals surface area contributed by atoms with Crippen molar-refractivity contribution < 1.29 is 9.21 Å². The van der Waals surface area contributed by atoms with E-state index in [1.54, 1.807) is 18.2 Å². The molecule has 0 spiro atoms. The number of oxazole rings is 1. The smallest absolute Gasteiger partial charge is 0.257 e. The van der Waals surface area contributed by atoms with Crippen LogP contribution in [0.2, 0.25) is 5.02 Å². The van der Waals surface area contributed by atoms with Crippen molar-refractivity contribution >= 4 is 40.4 Å². The van der Waals surface area contributed by atoms with Gasteiger partial charge in [-0.2, -0.15) is 0 Å². The summed E-state index contributed by atoms with van der Waals surface area (Å²) in [6.45, 7) is 2.66. The first-order chi connectivity index (χ1) is 11.1. The highest BCUT2D eigenvalue weighted by atomic mass is 35.5. The lowest BCUT2D eigenvalue weighted by Crippen LogP contribution is -2.35. The zero-order chi connectivity index (χ0) is 16.2. The van der Waals surface area contributed by atoms with Gasteiger partial charge in [0.05, 0.1) is 5.25 Å². The molecule has 1 N–H and O–H groups in total. The Morgan fingerprint density at radius 3 is 3.00 bits per heavy atom. The molecule has 1 aromatic carbocycles. The third-order valence-electron chi connectivity index (χ3n) is 4.27. The monoisotopic (exact) mass is 352 g/mol. The lowest BCUT2D eigenvalue weighted by atomic mass is 9.89. The summed E-state index contributed by atoms with van der Waals surface area (Å²) < 4.78 is 5.65. The first kappa shape index (κ1) is 16.7. The molecule has 0 bridgehead atoms. The van der Waals surface area contributed by atoms with Crippen LogP contribution < -0.4 is 5.32 Å². The number of benzene rings is 1. The lowest BCUT2D eigenvalue weighted by molar-refractivity contribution is -0.120. The van der Waals surface area contributed by atoms with Gasteiger partial charge in [-0.3, -0.25) is 4.79 Å². The van der Waals surface area contributed by atoms with Crippen molar-refractivity contribution in [3.63, 3.8) is 0 Å². The lowest BCUT2D eigenvalue weighted by Gasteiger charge is -2.22. The SMILES string of the molecule is CC(Sc1nc2cc(Cl)ccc2o1)C(=O)NCC1CCCCC1. The molecule has 2 aromatic rings. The number of fused-ring (bicyclic) bond motifs is 1. The number of rotatable bonds is 5. The summed E-state index contributed by atoms with van der Waals surface area (Å²) in [6.07, 6.45) is 6.37. The van der Waals surface area contributed by atoms with E-state index in [2.05, 4.69) is 10.3 Å². The fourth-order valence-electron chi connectivity index (χ4n) is 2.91. The number of thioether (sulfide) groups is 1. The second kappa shape index (κ2) is 7.58. The summed E-state index contributed by atoms with van der Waals surface area (Å²) in [5, 5.41) is 3.96. The van der Waals surface area contributed by atoms with Gasteiger partial charge in [-0.1, -0.05) is 42.6 Å². The Morgan fingerprint density at radius 1 is 1.43 bits per heavy atom. The molecule has 4 nitrogen and oxygen atoms in total. The number of carbonyl (C=O) groups is 1. The Labute approximate surface area is 145 Å². The topological polar surface area (TPSA) is 55.1 Å². The maximum Gasteiger partial charge on any atom is 0.257 e. The van der Waals surface area contributed by atoms with Gasteiger partial charge in [-0.05, 0) is 43.9 Å². The first-order valence-corrected chi connectivity index (χ1v) is 9.38. The number of hydrogen-bond acceptors (Lipinski definition) is 4. The van der Waals surface area contributed by atoms with E-state index < -0.39 is 0 Å². The van der Waals surface area contributed by atoms with E-state index in [9.17, 15) is 4.79 Å². The molecule has 0 radical (unpaired) electrons. The molecule has 1 unspecified atom stereocenters. The largest absolute Gasteiger partial charge is 0.431 e. The molecule has 6 heteroatoms. The Morgan fingerprint density at radius 2 is 2.22 bits per heavy atom. The van der Waals surface area contributed by atoms with Crippen molar-refractivity contribution in [3.8, 4) is 0 Å². The van der Waals surface area contributed by atoms with Crippen LogP contribution in [-0.2, 0) is 4.79 Å². The third kappa shape index (κ3) is 4.42. The van der Waals surface area contributed by atoms with Gasteiger partial charge in [0.2, 0.25) is 5.91 Å². The van der Waals surface area contributed by atoms with Gasteiger partial charge in [-0.25, -0.2) is 4.98 Å². The summed E-state index contributed by atoms with van der Waals surface area (Å²) in [5.41, 5.74) is 1.40. The summed E-state index contributed by atoms with van der Waals surface area (Å²) >= 11 is 7.28. The molecule has 3 rings (SSSR count). The van der Waals surface area contributed by atoms with Crippen molar-refractivity contribution in [2.45, 2.75) is 49.5 Å². The Balaban J connectivity index is 1.54. The summed E-state index contributed by atoms with van der Waals surface area (Å²) in [5.74, 6) is 0.678. The fraction of sp³-hybridized carbons (Fsp3) is 0.529. The van der Waals surface area contributed by atoms with Crippen LogP contribution in [0.4, 0.5) is 0 Å². The minimum absolute atomic E-state index is 0.0425. The summed E-state index contributed by atoms with van der Waals surface area (Å²) in [4.78, 5) is 16.6. The number of hydrogen-bond donors (Lipinski definition) is 1. The van der Waals surface area contributed by atoms with Gasteiger partial charge >= 0.3 is 0 Å². The van der Waals surface area contributed by atoms with E-state index in [1.165, 1.54) is 43.9 Å². The maximum atomic E-state index is 12.2. The minimum atomic E-state index is -0.234. The second-order valence-electron chi connectivity index (χ2n) is 6.10. The predicted molar refractivity (Wildman–Crippen MR) is 93.9 cm³/mol. The van der Waals surface area contributed by atoms with E-state index in [0.717, 1.165) is 12.1 Å². The zero-order valence-corrected chi connectivity index (χ0v) is 14.8. The van der Waals surface area contributed by atoms with Gasteiger partial charge in [-0.15, -0.1) is 0 Å². The van der Waals surface area contributed by atoms with E-state index >= 15 is 0 Å². The van der Waals surface area contributed by atoms with Gasteiger partial charge in [0, 0.05) is 11.6 Å². The average molecular weight is 353 g/mol. The molecule has 23 heavy (non-hydrogen) atoms. The number of aromatic nitrogens is 1. The van der Waals surface area contributed by atoms with Crippen molar-refractivity contribution in [2.75, 3.05) is 6.54 Å². The normalized spacial score (nSPS) is 17.3. The standard InChI is InChI=1S/C17H21ClN2O2S/c1-11(16(21)19-10-12-5-3-2-4-6-12)23-17-20-14-9-13(18)7-8-15(14)22-17/h7-9,11-12H,2-6,10H2,1H3,(H,19,21). The van der Waals surface area contributed by atoms with Crippen molar-refractivity contribution in [1.29, 1.82) is 0 Å². The number of amides is 1. The molecule has 1 fully saturated rings. The highest BCUT2D eigenvalue weighted by molar-refractivity contribution is 8.00. The number of carbonyl (C=O) groups excluding carboxylic acids is 1. The highest BCUT2D eigenvalue weighted by Crippen LogP contribution is 2.28. The van der Waals surface area contributed by atoms with Crippen LogP contribution in [0, 0.1) is 5.92 Å². The van der Waals surface area contributed by atoms with E-state index in [1.807, 2.05) is 6.92 Å². The predicted octanol–water partition coefficient (Wildman–Crippen LogP) is 4.66. The van der Waals surface area contributed by atoms with Crippen LogP contribution in [0.5, 0.6) is 0 Å². The van der Waals surface area contributed by atoms with Crippen molar-refractivity contribution in [1.82, 2.24) is 10.3 Å². The van der Waals surface area contributed by atoms with Crippen LogP contribution in [0.15, 0.2) is 27.8 Å². The Hall–Kier alpha value is -1.20. The van der Waals surface area contributed by atoms with Crippen LogP contribution >= 0.6 is 23.4 Å². The Bertz CT molecular complexity index is 682. The number of nitrogens with one attached hydrogen (secondary N) is 1. The number of halogens is 1. The molecular weight excluding hydrogens is 332 g/mol. The number of nitrogens with zero attached hydrogens (tertiary/aromatic N) is 1. The molecule has 0 saturated heterocycles. The molecule has 1 heterocycles. The van der Waals surface area contributed by atoms with Crippen molar-refractivity contribution in [2.24, 2.45) is 5.92 Å². The minimum Gasteiger partial charge on any atom is -0.431 e. The quantitative estimate of drug-likeness (QED) is 0.795. The zero-order valence-electron chi connectivity index (χ0n) is 13.2. The van der Waals surface area contributed by atoms with Gasteiger partial charge in [0.25, 0.3) is 5.22 Å². The highest BCUT2D eigenvalue weighted by Gasteiger charge is 2.20. The molecule has 124 valence electrons. The van der Waals surface area contributed by atoms with Gasteiger partial charge in [0.1, 0.15) is 5.52 Å². The molecule has 1 saturated carbocycles. The molecule has 0 aliphatic heterocycles. The van der Waals surface area contributed by atoms with Crippen LogP contribution in [0.25, 0.3) is 11.1 Å². The van der Waals surface area contributed by atoms with Crippen LogP contribution in [-0.4, -0.2) is 22.7 Å². The Kier molecular flexibility index (Phi) is 5.49. The second-order valence-corrected chi connectivity index (χ2v) is 7.83. The van der Waals surface area contributed by atoms with E-state index in [-0.39, 0.29) is 11.2 Å². The average Bonchev–Trinajstić information content (AvgIpc) is 2.94. The van der Waals surface area contributed by atoms with E-state index in [0.29, 0.717) is 21.7 Å². The molecule has 1 amide bonds. The first-order valence-electron chi connectivity index (χ1n) is 8.12. The third-order valence-corrected chi connectivity index (χ3v) is 5.45. The van der Waals surface area contributed by atoms with Gasteiger partial charge in [0.15, 0.2) is 5.58 Å². The maximum absolute atomic E-state index is 12.2. The van der Waals surface area contributed by atoms with Crippen LogP contribution in [0.1, 0.15) is 39.0 Å². The molecule has 1 atom stereocenters. The summed E-state index contributed by atoms with van der Waals surface area (Å²) in [6, 6.07) is 5.32. The molecule has 1 aromatic heterocycles.